The van der Waals surface area contributed by atoms with Crippen LogP contribution in [0, 0.1) is 12.8 Å². The summed E-state index contributed by atoms with van der Waals surface area (Å²) >= 11 is 0. The van der Waals surface area contributed by atoms with Crippen LogP contribution in [0.15, 0.2) is 47.7 Å². The number of hydrogen-bond acceptors (Lipinski definition) is 4. The number of piperidine rings is 1. The summed E-state index contributed by atoms with van der Waals surface area (Å²) in [7, 11) is 0. The average molecular weight is 434 g/mol. The number of nitrogens with zero attached hydrogens (tertiary/aromatic N) is 4. The summed E-state index contributed by atoms with van der Waals surface area (Å²) in [5.41, 5.74) is 4.07. The van der Waals surface area contributed by atoms with Crippen molar-refractivity contribution in [3.63, 3.8) is 0 Å². The van der Waals surface area contributed by atoms with Crippen molar-refractivity contribution in [1.29, 1.82) is 0 Å². The fraction of sp³-hybridized carbons (Fsp3) is 0.381. The van der Waals surface area contributed by atoms with E-state index < -0.39 is 0 Å². The molecule has 29 heavy (non-hydrogen) atoms. The Labute approximate surface area is 182 Å². The standard InChI is InChI=1S/C21H23N5O.2ClH/c1-14-8-15(4-5-23-14)12-25-7-6-24-20(25)18-2-3-19-17-9-16(10-22-11-17)13-26(19)21(18)27;;/h2-8,16-17,22H,9-13H2,1H3;2*1H/t16-,17+;;/m0../s1. The number of halogens is 2. The molecule has 1 N–H and O–H groups in total. The summed E-state index contributed by atoms with van der Waals surface area (Å²) in [5, 5.41) is 3.49. The molecular formula is C21H25Cl2N5O. The summed E-state index contributed by atoms with van der Waals surface area (Å²) in [6, 6.07) is 8.16. The Kier molecular flexibility index (Phi) is 6.46. The molecule has 154 valence electrons. The molecule has 0 aliphatic carbocycles. The zero-order valence-corrected chi connectivity index (χ0v) is 17.9. The molecule has 2 aliphatic heterocycles. The van der Waals surface area contributed by atoms with Crippen molar-refractivity contribution in [2.45, 2.75) is 32.4 Å². The van der Waals surface area contributed by atoms with Crippen molar-refractivity contribution in [3.8, 4) is 11.4 Å². The summed E-state index contributed by atoms with van der Waals surface area (Å²) in [4.78, 5) is 22.0. The number of rotatable bonds is 3. The van der Waals surface area contributed by atoms with Gasteiger partial charge in [-0.15, -0.1) is 24.8 Å². The van der Waals surface area contributed by atoms with Crippen LogP contribution < -0.4 is 10.9 Å². The molecule has 0 unspecified atom stereocenters. The topological polar surface area (TPSA) is 64.7 Å². The third-order valence-electron chi connectivity index (χ3n) is 5.78. The zero-order chi connectivity index (χ0) is 18.4. The second-order valence-electron chi connectivity index (χ2n) is 7.73. The minimum Gasteiger partial charge on any atom is -0.326 e. The number of aryl methyl sites for hydroxylation is 1. The molecule has 5 rings (SSSR count). The molecule has 0 saturated carbocycles. The second kappa shape index (κ2) is 8.69. The molecule has 0 spiro atoms. The molecule has 0 aromatic carbocycles. The van der Waals surface area contributed by atoms with Gasteiger partial charge in [-0.3, -0.25) is 9.78 Å². The molecule has 1 fully saturated rings. The van der Waals surface area contributed by atoms with Crippen molar-refractivity contribution < 1.29 is 0 Å². The van der Waals surface area contributed by atoms with Crippen molar-refractivity contribution >= 4 is 24.8 Å². The molecule has 1 saturated heterocycles. The molecule has 2 aliphatic rings. The predicted molar refractivity (Wildman–Crippen MR) is 118 cm³/mol. The lowest BCUT2D eigenvalue weighted by Gasteiger charge is -2.37. The van der Waals surface area contributed by atoms with Gasteiger partial charge >= 0.3 is 0 Å². The second-order valence-corrected chi connectivity index (χ2v) is 7.73. The van der Waals surface area contributed by atoms with E-state index >= 15 is 0 Å². The molecule has 0 radical (unpaired) electrons. The highest BCUT2D eigenvalue weighted by atomic mass is 35.5. The highest BCUT2D eigenvalue weighted by Crippen LogP contribution is 2.32. The van der Waals surface area contributed by atoms with Gasteiger partial charge in [0.15, 0.2) is 0 Å². The summed E-state index contributed by atoms with van der Waals surface area (Å²) in [6.07, 6.45) is 6.71. The molecular weight excluding hydrogens is 409 g/mol. The summed E-state index contributed by atoms with van der Waals surface area (Å²) < 4.78 is 4.04. The van der Waals surface area contributed by atoms with Crippen molar-refractivity contribution in [3.05, 3.63) is 70.2 Å². The fourth-order valence-corrected chi connectivity index (χ4v) is 4.54. The molecule has 8 heteroatoms. The van der Waals surface area contributed by atoms with Gasteiger partial charge in [0.25, 0.3) is 5.56 Å². The Hall–Kier alpha value is -2.15. The van der Waals surface area contributed by atoms with Crippen LogP contribution in [0.5, 0.6) is 0 Å². The van der Waals surface area contributed by atoms with E-state index in [2.05, 4.69) is 27.4 Å². The smallest absolute Gasteiger partial charge is 0.261 e. The highest BCUT2D eigenvalue weighted by Gasteiger charge is 2.31. The van der Waals surface area contributed by atoms with E-state index in [-0.39, 0.29) is 30.4 Å². The Morgan fingerprint density at radius 1 is 1.14 bits per heavy atom. The Morgan fingerprint density at radius 2 is 2.00 bits per heavy atom. The molecule has 2 atom stereocenters. The van der Waals surface area contributed by atoms with E-state index in [0.29, 0.717) is 23.9 Å². The van der Waals surface area contributed by atoms with Crippen LogP contribution in [0.4, 0.5) is 0 Å². The Balaban J connectivity index is 0.00000120. The maximum absolute atomic E-state index is 13.3. The number of pyridine rings is 2. The number of hydrogen-bond donors (Lipinski definition) is 1. The largest absolute Gasteiger partial charge is 0.326 e. The van der Waals surface area contributed by atoms with E-state index in [1.807, 2.05) is 40.6 Å². The van der Waals surface area contributed by atoms with E-state index in [0.717, 1.165) is 42.4 Å². The minimum absolute atomic E-state index is 0. The Bertz CT molecular complexity index is 1060. The number of fused-ring (bicyclic) bond motifs is 4. The SMILES string of the molecule is Cc1cc(Cn2ccnc2-c2ccc3n(c2=O)C[C@@H]2CNC[C@H]3C2)ccn1.Cl.Cl. The van der Waals surface area contributed by atoms with Crippen molar-refractivity contribution in [2.24, 2.45) is 5.92 Å². The van der Waals surface area contributed by atoms with Gasteiger partial charge in [0.2, 0.25) is 0 Å². The Morgan fingerprint density at radius 3 is 2.83 bits per heavy atom. The van der Waals surface area contributed by atoms with Crippen molar-refractivity contribution in [2.75, 3.05) is 13.1 Å². The van der Waals surface area contributed by atoms with E-state index in [1.54, 1.807) is 6.20 Å². The molecule has 5 heterocycles. The van der Waals surface area contributed by atoms with Gasteiger partial charge in [-0.1, -0.05) is 0 Å². The van der Waals surface area contributed by atoms with E-state index in [9.17, 15) is 4.79 Å². The van der Waals surface area contributed by atoms with Gasteiger partial charge in [-0.05, 0) is 55.6 Å². The summed E-state index contributed by atoms with van der Waals surface area (Å²) in [6.45, 7) is 5.43. The van der Waals surface area contributed by atoms with Crippen LogP contribution >= 0.6 is 24.8 Å². The third kappa shape index (κ3) is 3.97. The zero-order valence-electron chi connectivity index (χ0n) is 16.2. The molecule has 0 amide bonds. The molecule has 3 aromatic heterocycles. The monoisotopic (exact) mass is 433 g/mol. The maximum atomic E-state index is 13.3. The highest BCUT2D eigenvalue weighted by molar-refractivity contribution is 5.85. The number of imidazole rings is 1. The lowest BCUT2D eigenvalue weighted by Crippen LogP contribution is -2.45. The summed E-state index contributed by atoms with van der Waals surface area (Å²) in [5.74, 6) is 1.72. The molecule has 6 nitrogen and oxygen atoms in total. The maximum Gasteiger partial charge on any atom is 0.261 e. The van der Waals surface area contributed by atoms with Crippen LogP contribution in [0.3, 0.4) is 0 Å². The van der Waals surface area contributed by atoms with Crippen LogP contribution in [-0.4, -0.2) is 32.2 Å². The minimum atomic E-state index is 0. The van der Waals surface area contributed by atoms with Crippen LogP contribution in [0.25, 0.3) is 11.4 Å². The van der Waals surface area contributed by atoms with E-state index in [4.69, 9.17) is 0 Å². The lowest BCUT2D eigenvalue weighted by atomic mass is 9.84. The van der Waals surface area contributed by atoms with Crippen LogP contribution in [0.1, 0.15) is 29.3 Å². The first-order chi connectivity index (χ1) is 13.2. The van der Waals surface area contributed by atoms with Gasteiger partial charge in [0.1, 0.15) is 5.82 Å². The quantitative estimate of drug-likeness (QED) is 0.689. The van der Waals surface area contributed by atoms with Crippen LogP contribution in [-0.2, 0) is 13.1 Å². The fourth-order valence-electron chi connectivity index (χ4n) is 4.54. The van der Waals surface area contributed by atoms with Gasteiger partial charge < -0.3 is 14.5 Å². The predicted octanol–water partition coefficient (Wildman–Crippen LogP) is 3.01. The normalized spacial score (nSPS) is 19.6. The first kappa shape index (κ1) is 21.6. The molecule has 2 bridgehead atoms. The number of nitrogens with one attached hydrogen (secondary N) is 1. The lowest BCUT2D eigenvalue weighted by molar-refractivity contribution is 0.257. The molecule has 3 aromatic rings. The van der Waals surface area contributed by atoms with Crippen LogP contribution in [0.2, 0.25) is 0 Å². The third-order valence-corrected chi connectivity index (χ3v) is 5.78. The van der Waals surface area contributed by atoms with Gasteiger partial charge in [-0.25, -0.2) is 4.98 Å². The van der Waals surface area contributed by atoms with E-state index in [1.165, 1.54) is 6.42 Å². The van der Waals surface area contributed by atoms with Gasteiger partial charge in [-0.2, -0.15) is 0 Å². The average Bonchev–Trinajstić information content (AvgIpc) is 3.11. The number of aromatic nitrogens is 4. The van der Waals surface area contributed by atoms with Gasteiger partial charge in [0, 0.05) is 55.5 Å². The van der Waals surface area contributed by atoms with Crippen molar-refractivity contribution in [1.82, 2.24) is 24.4 Å². The first-order valence-electron chi connectivity index (χ1n) is 9.56. The first-order valence-corrected chi connectivity index (χ1v) is 9.56. The van der Waals surface area contributed by atoms with Gasteiger partial charge in [0.05, 0.1) is 5.56 Å².